The number of methoxy groups -OCH3 is 1. The van der Waals surface area contributed by atoms with Crippen LogP contribution >= 0.6 is 15.9 Å². The lowest BCUT2D eigenvalue weighted by Crippen LogP contribution is -2.13. The van der Waals surface area contributed by atoms with E-state index < -0.39 is 21.7 Å². The zero-order chi connectivity index (χ0) is 15.6. The molecule has 0 saturated carbocycles. The highest BCUT2D eigenvalue weighted by Crippen LogP contribution is 2.28. The first-order valence-electron chi connectivity index (χ1n) is 5.65. The van der Waals surface area contributed by atoms with Crippen LogP contribution in [0.1, 0.15) is 0 Å². The Balaban J connectivity index is 2.33. The van der Waals surface area contributed by atoms with Crippen molar-refractivity contribution in [3.8, 4) is 5.75 Å². The minimum Gasteiger partial charge on any atom is -0.496 e. The van der Waals surface area contributed by atoms with Crippen LogP contribution in [0.2, 0.25) is 0 Å². The molecule has 0 atom stereocenters. The molecule has 2 aromatic carbocycles. The number of halogens is 3. The minimum atomic E-state index is -3.92. The molecule has 0 bridgehead atoms. The van der Waals surface area contributed by atoms with Crippen LogP contribution in [0.25, 0.3) is 0 Å². The molecule has 2 aromatic rings. The number of benzene rings is 2. The van der Waals surface area contributed by atoms with Crippen LogP contribution in [0.5, 0.6) is 5.75 Å². The Labute approximate surface area is 128 Å². The largest absolute Gasteiger partial charge is 0.496 e. The smallest absolute Gasteiger partial charge is 0.261 e. The van der Waals surface area contributed by atoms with Crippen LogP contribution in [0.15, 0.2) is 45.8 Å². The summed E-state index contributed by atoms with van der Waals surface area (Å²) in [6.07, 6.45) is 0. The van der Waals surface area contributed by atoms with E-state index in [1.165, 1.54) is 25.3 Å². The third-order valence-corrected chi connectivity index (χ3v) is 4.60. The number of sulfonamides is 1. The summed E-state index contributed by atoms with van der Waals surface area (Å²) in [5.41, 5.74) is -0.0687. The van der Waals surface area contributed by atoms with E-state index >= 15 is 0 Å². The lowest BCUT2D eigenvalue weighted by molar-refractivity contribution is 0.411. The standard InChI is InChI=1S/C13H10BrF2NO3S/c1-20-13-5-3-9(7-10(13)14)21(18,19)17-8-2-4-11(15)12(16)6-8/h2-7,17H,1H3. The third-order valence-electron chi connectivity index (χ3n) is 2.61. The normalized spacial score (nSPS) is 11.2. The van der Waals surface area contributed by atoms with E-state index in [0.29, 0.717) is 10.2 Å². The summed E-state index contributed by atoms with van der Waals surface area (Å²) in [5.74, 6) is -1.71. The highest BCUT2D eigenvalue weighted by atomic mass is 79.9. The third kappa shape index (κ3) is 3.51. The number of ether oxygens (including phenoxy) is 1. The minimum absolute atomic E-state index is 0.0418. The van der Waals surface area contributed by atoms with Gasteiger partial charge in [0, 0.05) is 6.07 Å². The molecule has 0 spiro atoms. The van der Waals surface area contributed by atoms with Crippen molar-refractivity contribution in [2.24, 2.45) is 0 Å². The number of rotatable bonds is 4. The molecule has 2 rings (SSSR count). The Hall–Kier alpha value is -1.67. The van der Waals surface area contributed by atoms with Gasteiger partial charge in [-0.15, -0.1) is 0 Å². The number of hydrogen-bond acceptors (Lipinski definition) is 3. The molecule has 0 heterocycles. The molecule has 4 nitrogen and oxygen atoms in total. The van der Waals surface area contributed by atoms with Crippen LogP contribution in [-0.2, 0) is 10.0 Å². The summed E-state index contributed by atoms with van der Waals surface area (Å²) in [5, 5.41) is 0. The first-order valence-corrected chi connectivity index (χ1v) is 7.92. The van der Waals surface area contributed by atoms with Crippen molar-refractivity contribution in [2.75, 3.05) is 11.8 Å². The summed E-state index contributed by atoms with van der Waals surface area (Å²) in [6.45, 7) is 0. The van der Waals surface area contributed by atoms with Crippen molar-refractivity contribution in [3.05, 3.63) is 52.5 Å². The summed E-state index contributed by atoms with van der Waals surface area (Å²) < 4.78 is 57.9. The van der Waals surface area contributed by atoms with Crippen molar-refractivity contribution in [2.45, 2.75) is 4.90 Å². The second-order valence-electron chi connectivity index (χ2n) is 4.03. The molecular weight excluding hydrogens is 368 g/mol. The molecular formula is C13H10BrF2NO3S. The van der Waals surface area contributed by atoms with Gasteiger partial charge in [0.05, 0.1) is 22.2 Å². The van der Waals surface area contributed by atoms with E-state index in [-0.39, 0.29) is 10.6 Å². The highest BCUT2D eigenvalue weighted by Gasteiger charge is 2.17. The van der Waals surface area contributed by atoms with Gasteiger partial charge in [-0.25, -0.2) is 17.2 Å². The van der Waals surface area contributed by atoms with Gasteiger partial charge in [-0.1, -0.05) is 0 Å². The topological polar surface area (TPSA) is 55.4 Å². The molecule has 0 unspecified atom stereocenters. The molecule has 0 amide bonds. The van der Waals surface area contributed by atoms with Gasteiger partial charge >= 0.3 is 0 Å². The lowest BCUT2D eigenvalue weighted by atomic mass is 10.3. The maximum atomic E-state index is 13.1. The van der Waals surface area contributed by atoms with E-state index in [4.69, 9.17) is 4.74 Å². The fourth-order valence-corrected chi connectivity index (χ4v) is 3.36. The molecule has 0 saturated heterocycles. The summed E-state index contributed by atoms with van der Waals surface area (Å²) in [7, 11) is -2.46. The molecule has 0 aliphatic rings. The van der Waals surface area contributed by atoms with Gasteiger partial charge < -0.3 is 4.74 Å². The SMILES string of the molecule is COc1ccc(S(=O)(=O)Nc2ccc(F)c(F)c2)cc1Br. The van der Waals surface area contributed by atoms with E-state index in [2.05, 4.69) is 20.7 Å². The van der Waals surface area contributed by atoms with Gasteiger partial charge in [0.25, 0.3) is 10.0 Å². The molecule has 1 N–H and O–H groups in total. The van der Waals surface area contributed by atoms with Crippen LogP contribution in [0.3, 0.4) is 0 Å². The lowest BCUT2D eigenvalue weighted by Gasteiger charge is -2.10. The van der Waals surface area contributed by atoms with E-state index in [1.807, 2.05) is 0 Å². The van der Waals surface area contributed by atoms with Gasteiger partial charge in [0.15, 0.2) is 11.6 Å². The average molecular weight is 378 g/mol. The predicted octanol–water partition coefficient (Wildman–Crippen LogP) is 3.54. The monoisotopic (exact) mass is 377 g/mol. The first kappa shape index (κ1) is 15.7. The Kier molecular flexibility index (Phi) is 4.48. The van der Waals surface area contributed by atoms with Crippen LogP contribution in [-0.4, -0.2) is 15.5 Å². The van der Waals surface area contributed by atoms with Crippen molar-refractivity contribution in [1.82, 2.24) is 0 Å². The number of anilines is 1. The molecule has 0 fully saturated rings. The van der Waals surface area contributed by atoms with Gasteiger partial charge in [-0.05, 0) is 46.3 Å². The van der Waals surface area contributed by atoms with Gasteiger partial charge in [-0.3, -0.25) is 4.72 Å². The van der Waals surface area contributed by atoms with E-state index in [0.717, 1.165) is 18.2 Å². The van der Waals surface area contributed by atoms with Gasteiger partial charge in [-0.2, -0.15) is 0 Å². The molecule has 21 heavy (non-hydrogen) atoms. The van der Waals surface area contributed by atoms with Gasteiger partial charge in [0.1, 0.15) is 5.75 Å². The molecule has 0 aliphatic heterocycles. The van der Waals surface area contributed by atoms with Crippen LogP contribution < -0.4 is 9.46 Å². The first-order chi connectivity index (χ1) is 9.83. The van der Waals surface area contributed by atoms with E-state index in [9.17, 15) is 17.2 Å². The maximum Gasteiger partial charge on any atom is 0.261 e. The summed E-state index contributed by atoms with van der Waals surface area (Å²) in [4.78, 5) is -0.0418. The molecule has 112 valence electrons. The fraction of sp³-hybridized carbons (Fsp3) is 0.0769. The van der Waals surface area contributed by atoms with Crippen molar-refractivity contribution in [3.63, 3.8) is 0 Å². The zero-order valence-corrected chi connectivity index (χ0v) is 13.1. The Morgan fingerprint density at radius 1 is 1.10 bits per heavy atom. The Bertz CT molecular complexity index is 781. The average Bonchev–Trinajstić information content (AvgIpc) is 2.42. The summed E-state index contributed by atoms with van der Waals surface area (Å²) >= 11 is 3.18. The Morgan fingerprint density at radius 2 is 1.81 bits per heavy atom. The second-order valence-corrected chi connectivity index (χ2v) is 6.57. The Morgan fingerprint density at radius 3 is 2.38 bits per heavy atom. The second kappa shape index (κ2) is 5.98. The maximum absolute atomic E-state index is 13.1. The van der Waals surface area contributed by atoms with Crippen molar-refractivity contribution in [1.29, 1.82) is 0 Å². The molecule has 0 aromatic heterocycles. The fourth-order valence-electron chi connectivity index (χ4n) is 1.59. The highest BCUT2D eigenvalue weighted by molar-refractivity contribution is 9.10. The van der Waals surface area contributed by atoms with Crippen molar-refractivity contribution >= 4 is 31.6 Å². The van der Waals surface area contributed by atoms with Crippen LogP contribution in [0.4, 0.5) is 14.5 Å². The number of nitrogens with one attached hydrogen (secondary N) is 1. The van der Waals surface area contributed by atoms with E-state index in [1.54, 1.807) is 0 Å². The predicted molar refractivity (Wildman–Crippen MR) is 77.9 cm³/mol. The summed E-state index contributed by atoms with van der Waals surface area (Å²) in [6, 6.07) is 6.91. The molecule has 8 heteroatoms. The van der Waals surface area contributed by atoms with Crippen LogP contribution in [0, 0.1) is 11.6 Å². The molecule has 0 aliphatic carbocycles. The number of hydrogen-bond donors (Lipinski definition) is 1. The quantitative estimate of drug-likeness (QED) is 0.886. The molecule has 0 radical (unpaired) electrons. The van der Waals surface area contributed by atoms with Crippen molar-refractivity contribution < 1.29 is 21.9 Å². The van der Waals surface area contributed by atoms with Gasteiger partial charge in [0.2, 0.25) is 0 Å². The zero-order valence-electron chi connectivity index (χ0n) is 10.7.